The van der Waals surface area contributed by atoms with Crippen molar-refractivity contribution < 1.29 is 22.8 Å². The standard InChI is InChI=1S/C21H21F3N2O2/c1-14-4-5-15(2)18(12-14)25-19(27)13-26(3)20(28)11-8-16-6-9-17(10-7-16)21(22,23)24/h4-12H,13H2,1-3H3,(H,25,27)/b11-8+. The molecule has 0 aromatic heterocycles. The van der Waals surface area contributed by atoms with E-state index < -0.39 is 17.6 Å². The van der Waals surface area contributed by atoms with Crippen LogP contribution < -0.4 is 5.32 Å². The summed E-state index contributed by atoms with van der Waals surface area (Å²) < 4.78 is 37.6. The van der Waals surface area contributed by atoms with Gasteiger partial charge >= 0.3 is 6.18 Å². The van der Waals surface area contributed by atoms with E-state index in [0.29, 0.717) is 11.3 Å². The highest BCUT2D eigenvalue weighted by Gasteiger charge is 2.29. The summed E-state index contributed by atoms with van der Waals surface area (Å²) >= 11 is 0. The van der Waals surface area contributed by atoms with Gasteiger partial charge in [-0.2, -0.15) is 13.2 Å². The van der Waals surface area contributed by atoms with Crippen LogP contribution in [0.15, 0.2) is 48.5 Å². The summed E-state index contributed by atoms with van der Waals surface area (Å²) in [6.45, 7) is 3.64. The van der Waals surface area contributed by atoms with Crippen molar-refractivity contribution >= 4 is 23.6 Å². The number of nitrogens with zero attached hydrogens (tertiary/aromatic N) is 1. The Morgan fingerprint density at radius 1 is 1.07 bits per heavy atom. The molecular formula is C21H21F3N2O2. The van der Waals surface area contributed by atoms with Crippen LogP contribution in [0.2, 0.25) is 0 Å². The third-order valence-electron chi connectivity index (χ3n) is 4.08. The number of anilines is 1. The second-order valence-electron chi connectivity index (χ2n) is 6.51. The number of carbonyl (C=O) groups excluding carboxylic acids is 2. The smallest absolute Gasteiger partial charge is 0.333 e. The molecule has 0 radical (unpaired) electrons. The number of likely N-dealkylation sites (N-methyl/N-ethyl adjacent to an activating group) is 1. The van der Waals surface area contributed by atoms with E-state index in [0.717, 1.165) is 23.3 Å². The largest absolute Gasteiger partial charge is 0.416 e. The molecule has 0 aliphatic rings. The van der Waals surface area contributed by atoms with Gasteiger partial charge < -0.3 is 10.2 Å². The zero-order valence-corrected chi connectivity index (χ0v) is 15.8. The van der Waals surface area contributed by atoms with Crippen LogP contribution in [-0.4, -0.2) is 30.3 Å². The average Bonchev–Trinajstić information content (AvgIpc) is 2.62. The number of rotatable bonds is 5. The van der Waals surface area contributed by atoms with Crippen molar-refractivity contribution in [3.63, 3.8) is 0 Å². The molecule has 148 valence electrons. The van der Waals surface area contributed by atoms with Crippen molar-refractivity contribution in [2.45, 2.75) is 20.0 Å². The Balaban J connectivity index is 1.94. The Morgan fingerprint density at radius 2 is 1.71 bits per heavy atom. The van der Waals surface area contributed by atoms with E-state index in [1.54, 1.807) is 0 Å². The van der Waals surface area contributed by atoms with Crippen molar-refractivity contribution in [3.8, 4) is 0 Å². The Hall–Kier alpha value is -3.09. The molecule has 2 aromatic rings. The van der Waals surface area contributed by atoms with Gasteiger partial charge in [-0.05, 0) is 54.8 Å². The van der Waals surface area contributed by atoms with Crippen LogP contribution in [0.3, 0.4) is 0 Å². The summed E-state index contributed by atoms with van der Waals surface area (Å²) in [5.74, 6) is -0.775. The van der Waals surface area contributed by atoms with Crippen LogP contribution in [0, 0.1) is 13.8 Å². The molecule has 1 N–H and O–H groups in total. The summed E-state index contributed by atoms with van der Waals surface area (Å²) in [6.07, 6.45) is -1.78. The molecule has 0 spiro atoms. The molecule has 0 aliphatic carbocycles. The zero-order chi connectivity index (χ0) is 20.9. The van der Waals surface area contributed by atoms with Crippen LogP contribution in [0.5, 0.6) is 0 Å². The third kappa shape index (κ3) is 5.97. The maximum absolute atomic E-state index is 12.5. The number of halogens is 3. The van der Waals surface area contributed by atoms with E-state index in [4.69, 9.17) is 0 Å². The molecule has 0 saturated carbocycles. The van der Waals surface area contributed by atoms with Gasteiger partial charge in [0.1, 0.15) is 0 Å². The lowest BCUT2D eigenvalue weighted by molar-refractivity contribution is -0.137. The molecule has 7 heteroatoms. The number of hydrogen-bond acceptors (Lipinski definition) is 2. The molecule has 0 unspecified atom stereocenters. The first-order chi connectivity index (χ1) is 13.1. The summed E-state index contributed by atoms with van der Waals surface area (Å²) in [6, 6.07) is 10.1. The van der Waals surface area contributed by atoms with Gasteiger partial charge in [-0.15, -0.1) is 0 Å². The first-order valence-corrected chi connectivity index (χ1v) is 8.54. The third-order valence-corrected chi connectivity index (χ3v) is 4.08. The molecular weight excluding hydrogens is 369 g/mol. The molecule has 0 saturated heterocycles. The Kier molecular flexibility index (Phi) is 6.62. The van der Waals surface area contributed by atoms with Gasteiger partial charge in [-0.25, -0.2) is 0 Å². The fourth-order valence-electron chi connectivity index (χ4n) is 2.43. The first kappa shape index (κ1) is 21.2. The number of benzene rings is 2. The van der Waals surface area contributed by atoms with Gasteiger partial charge in [-0.3, -0.25) is 9.59 Å². The van der Waals surface area contributed by atoms with Gasteiger partial charge in [0.2, 0.25) is 11.8 Å². The summed E-state index contributed by atoms with van der Waals surface area (Å²) in [7, 11) is 1.47. The molecule has 28 heavy (non-hydrogen) atoms. The topological polar surface area (TPSA) is 49.4 Å². The molecule has 0 heterocycles. The number of carbonyl (C=O) groups is 2. The average molecular weight is 390 g/mol. The molecule has 4 nitrogen and oxygen atoms in total. The summed E-state index contributed by atoms with van der Waals surface area (Å²) in [5.41, 5.74) is 2.30. The van der Waals surface area contributed by atoms with Crippen molar-refractivity contribution in [2.24, 2.45) is 0 Å². The lowest BCUT2D eigenvalue weighted by Crippen LogP contribution is -2.34. The number of nitrogens with one attached hydrogen (secondary N) is 1. The van der Waals surface area contributed by atoms with Crippen molar-refractivity contribution in [1.29, 1.82) is 0 Å². The van der Waals surface area contributed by atoms with Crippen molar-refractivity contribution in [1.82, 2.24) is 4.90 Å². The quantitative estimate of drug-likeness (QED) is 0.768. The molecule has 2 aromatic carbocycles. The zero-order valence-electron chi connectivity index (χ0n) is 15.8. The van der Waals surface area contributed by atoms with Crippen LogP contribution in [0.4, 0.5) is 18.9 Å². The van der Waals surface area contributed by atoms with Crippen molar-refractivity contribution in [3.05, 3.63) is 70.8 Å². The van der Waals surface area contributed by atoms with Gasteiger partial charge in [0.25, 0.3) is 0 Å². The maximum Gasteiger partial charge on any atom is 0.416 e. The van der Waals surface area contributed by atoms with E-state index in [9.17, 15) is 22.8 Å². The second-order valence-corrected chi connectivity index (χ2v) is 6.51. The molecule has 0 aliphatic heterocycles. The predicted molar refractivity (Wildman–Crippen MR) is 103 cm³/mol. The minimum absolute atomic E-state index is 0.149. The fraction of sp³-hybridized carbons (Fsp3) is 0.238. The van der Waals surface area contributed by atoms with Gasteiger partial charge in [0.05, 0.1) is 12.1 Å². The normalized spacial score (nSPS) is 11.5. The molecule has 0 atom stereocenters. The predicted octanol–water partition coefficient (Wildman–Crippen LogP) is 4.43. The monoisotopic (exact) mass is 390 g/mol. The van der Waals surface area contributed by atoms with Crippen LogP contribution >= 0.6 is 0 Å². The van der Waals surface area contributed by atoms with E-state index in [1.807, 2.05) is 32.0 Å². The summed E-state index contributed by atoms with van der Waals surface area (Å²) in [4.78, 5) is 25.5. The minimum atomic E-state index is -4.40. The number of aryl methyl sites for hydroxylation is 2. The van der Waals surface area contributed by atoms with E-state index in [-0.39, 0.29) is 12.5 Å². The van der Waals surface area contributed by atoms with Crippen LogP contribution in [-0.2, 0) is 15.8 Å². The number of alkyl halides is 3. The van der Waals surface area contributed by atoms with Crippen LogP contribution in [0.25, 0.3) is 6.08 Å². The van der Waals surface area contributed by atoms with E-state index in [1.165, 1.54) is 36.2 Å². The van der Waals surface area contributed by atoms with E-state index >= 15 is 0 Å². The fourth-order valence-corrected chi connectivity index (χ4v) is 2.43. The highest BCUT2D eigenvalue weighted by atomic mass is 19.4. The Bertz CT molecular complexity index is 888. The maximum atomic E-state index is 12.5. The SMILES string of the molecule is Cc1ccc(C)c(NC(=O)CN(C)C(=O)/C=C/c2ccc(C(F)(F)F)cc2)c1. The van der Waals surface area contributed by atoms with Crippen molar-refractivity contribution in [2.75, 3.05) is 18.9 Å². The van der Waals surface area contributed by atoms with E-state index in [2.05, 4.69) is 5.32 Å². The summed E-state index contributed by atoms with van der Waals surface area (Å²) in [5, 5.41) is 2.77. The highest BCUT2D eigenvalue weighted by Crippen LogP contribution is 2.29. The Labute approximate surface area is 161 Å². The lowest BCUT2D eigenvalue weighted by Gasteiger charge is -2.16. The molecule has 0 fully saturated rings. The van der Waals surface area contributed by atoms with Gasteiger partial charge in [0.15, 0.2) is 0 Å². The first-order valence-electron chi connectivity index (χ1n) is 8.54. The van der Waals surface area contributed by atoms with Gasteiger partial charge in [-0.1, -0.05) is 24.3 Å². The lowest BCUT2D eigenvalue weighted by atomic mass is 10.1. The Morgan fingerprint density at radius 3 is 2.32 bits per heavy atom. The second kappa shape index (κ2) is 8.73. The highest BCUT2D eigenvalue weighted by molar-refractivity contribution is 5.98. The molecule has 2 rings (SSSR count). The number of hydrogen-bond donors (Lipinski definition) is 1. The minimum Gasteiger partial charge on any atom is -0.333 e. The van der Waals surface area contributed by atoms with Crippen LogP contribution in [0.1, 0.15) is 22.3 Å². The molecule has 2 amide bonds. The number of amides is 2. The van der Waals surface area contributed by atoms with Gasteiger partial charge in [0, 0.05) is 18.8 Å². The molecule has 0 bridgehead atoms.